The second-order valence-corrected chi connectivity index (χ2v) is 3.19. The highest BCUT2D eigenvalue weighted by Gasteiger charge is 2.12. The summed E-state index contributed by atoms with van der Waals surface area (Å²) in [7, 11) is 0. The minimum absolute atomic E-state index is 0.123. The van der Waals surface area contributed by atoms with Crippen LogP contribution in [0.5, 0.6) is 0 Å². The summed E-state index contributed by atoms with van der Waals surface area (Å²) in [6, 6.07) is 4.69. The number of hydrogen-bond donors (Lipinski definition) is 1. The standard InChI is InChI=1S/C8H9BrN2O3/c1-2-14-8(12)10-7-5-3-4-6(9)11(7)13/h3-5H,2H2,1H3,(H,10,12). The summed E-state index contributed by atoms with van der Waals surface area (Å²) in [6.45, 7) is 1.95. The zero-order chi connectivity index (χ0) is 10.6. The van der Waals surface area contributed by atoms with Crippen LogP contribution in [0, 0.1) is 5.21 Å². The van der Waals surface area contributed by atoms with Gasteiger partial charge < -0.3 is 9.94 Å². The molecule has 1 amide bonds. The first-order chi connectivity index (χ1) is 6.65. The molecule has 1 N–H and O–H groups in total. The SMILES string of the molecule is CCOC(=O)Nc1cccc(Br)[n+]1[O-]. The Morgan fingerprint density at radius 1 is 1.71 bits per heavy atom. The summed E-state index contributed by atoms with van der Waals surface area (Å²) in [5.41, 5.74) is 0. The van der Waals surface area contributed by atoms with Crippen molar-refractivity contribution in [3.8, 4) is 0 Å². The molecule has 0 spiro atoms. The summed E-state index contributed by atoms with van der Waals surface area (Å²) < 4.78 is 5.50. The van der Waals surface area contributed by atoms with Crippen LogP contribution in [0.2, 0.25) is 0 Å². The van der Waals surface area contributed by atoms with Crippen LogP contribution in [0.15, 0.2) is 22.8 Å². The molecule has 76 valence electrons. The molecule has 0 aliphatic heterocycles. The molecule has 6 heteroatoms. The van der Waals surface area contributed by atoms with Gasteiger partial charge in [-0.1, -0.05) is 0 Å². The first kappa shape index (κ1) is 10.8. The van der Waals surface area contributed by atoms with E-state index in [4.69, 9.17) is 0 Å². The van der Waals surface area contributed by atoms with Gasteiger partial charge in [0.25, 0.3) is 5.82 Å². The number of nitrogens with one attached hydrogen (secondary N) is 1. The topological polar surface area (TPSA) is 65.3 Å². The summed E-state index contributed by atoms with van der Waals surface area (Å²) in [4.78, 5) is 11.0. The monoisotopic (exact) mass is 260 g/mol. The van der Waals surface area contributed by atoms with E-state index in [-0.39, 0.29) is 12.4 Å². The van der Waals surface area contributed by atoms with Crippen molar-refractivity contribution in [2.75, 3.05) is 11.9 Å². The van der Waals surface area contributed by atoms with Gasteiger partial charge in [0, 0.05) is 6.07 Å². The van der Waals surface area contributed by atoms with Crippen LogP contribution in [0.25, 0.3) is 0 Å². The Hall–Kier alpha value is -1.30. The molecule has 0 bridgehead atoms. The largest absolute Gasteiger partial charge is 0.710 e. The number of aromatic nitrogens is 1. The molecule has 14 heavy (non-hydrogen) atoms. The molecule has 5 nitrogen and oxygen atoms in total. The molecule has 1 rings (SSSR count). The predicted molar refractivity (Wildman–Crippen MR) is 53.7 cm³/mol. The van der Waals surface area contributed by atoms with Gasteiger partial charge in [0.1, 0.15) is 0 Å². The normalized spacial score (nSPS) is 9.57. The van der Waals surface area contributed by atoms with Gasteiger partial charge in [-0.25, -0.2) is 4.73 Å². The van der Waals surface area contributed by atoms with Crippen molar-refractivity contribution < 1.29 is 14.3 Å². The average Bonchev–Trinajstić information content (AvgIpc) is 2.13. The van der Waals surface area contributed by atoms with Crippen molar-refractivity contribution in [2.45, 2.75) is 6.92 Å². The lowest BCUT2D eigenvalue weighted by Crippen LogP contribution is -2.34. The number of anilines is 1. The Balaban J connectivity index is 2.76. The molecule has 1 heterocycles. The van der Waals surface area contributed by atoms with E-state index >= 15 is 0 Å². The van der Waals surface area contributed by atoms with E-state index in [0.717, 1.165) is 0 Å². The van der Waals surface area contributed by atoms with Gasteiger partial charge in [-0.3, -0.25) is 0 Å². The van der Waals surface area contributed by atoms with Gasteiger partial charge in [0.15, 0.2) is 4.60 Å². The van der Waals surface area contributed by atoms with Gasteiger partial charge in [-0.15, -0.1) is 0 Å². The first-order valence-electron chi connectivity index (χ1n) is 3.97. The molecule has 0 saturated carbocycles. The number of nitrogens with zero attached hydrogens (tertiary/aromatic N) is 1. The van der Waals surface area contributed by atoms with E-state index in [0.29, 0.717) is 9.33 Å². The molecule has 0 aromatic carbocycles. The number of carbonyl (C=O) groups is 1. The number of carbonyl (C=O) groups excluding carboxylic acids is 1. The third-order valence-electron chi connectivity index (χ3n) is 1.41. The van der Waals surface area contributed by atoms with Crippen LogP contribution < -0.4 is 10.0 Å². The van der Waals surface area contributed by atoms with Crippen molar-refractivity contribution in [3.63, 3.8) is 0 Å². The molecular weight excluding hydrogens is 252 g/mol. The molecule has 0 saturated heterocycles. The smallest absolute Gasteiger partial charge is 0.504 e. The molecule has 1 aromatic heterocycles. The lowest BCUT2D eigenvalue weighted by Gasteiger charge is -2.08. The van der Waals surface area contributed by atoms with E-state index in [1.807, 2.05) is 0 Å². The summed E-state index contributed by atoms with van der Waals surface area (Å²) >= 11 is 3.03. The third kappa shape index (κ3) is 2.59. The first-order valence-corrected chi connectivity index (χ1v) is 4.76. The van der Waals surface area contributed by atoms with Gasteiger partial charge in [0.05, 0.1) is 6.61 Å². The van der Waals surface area contributed by atoms with Crippen molar-refractivity contribution in [3.05, 3.63) is 28.0 Å². The number of pyridine rings is 1. The van der Waals surface area contributed by atoms with Gasteiger partial charge in [-0.05, 0) is 35.0 Å². The van der Waals surface area contributed by atoms with Crippen molar-refractivity contribution in [1.29, 1.82) is 0 Å². The van der Waals surface area contributed by atoms with Gasteiger partial charge in [0.2, 0.25) is 0 Å². The molecular formula is C8H9BrN2O3. The fourth-order valence-corrected chi connectivity index (χ4v) is 1.18. The lowest BCUT2D eigenvalue weighted by atomic mass is 10.5. The van der Waals surface area contributed by atoms with Gasteiger partial charge in [-0.2, -0.15) is 10.1 Å². The van der Waals surface area contributed by atoms with Crippen LogP contribution >= 0.6 is 15.9 Å². The number of rotatable bonds is 2. The highest BCUT2D eigenvalue weighted by atomic mass is 79.9. The van der Waals surface area contributed by atoms with E-state index in [1.54, 1.807) is 19.1 Å². The maximum absolute atomic E-state index is 11.3. The zero-order valence-corrected chi connectivity index (χ0v) is 9.08. The fourth-order valence-electron chi connectivity index (χ4n) is 0.833. The molecule has 0 radical (unpaired) electrons. The second kappa shape index (κ2) is 4.80. The summed E-state index contributed by atoms with van der Waals surface area (Å²) in [5.74, 6) is 0.123. The summed E-state index contributed by atoms with van der Waals surface area (Å²) in [6.07, 6.45) is -0.643. The van der Waals surface area contributed by atoms with Crippen molar-refractivity contribution >= 4 is 27.8 Å². The van der Waals surface area contributed by atoms with Crippen molar-refractivity contribution in [1.82, 2.24) is 0 Å². The number of halogens is 1. The zero-order valence-electron chi connectivity index (χ0n) is 7.49. The van der Waals surface area contributed by atoms with E-state index in [9.17, 15) is 10.0 Å². The molecule has 0 aliphatic rings. The van der Waals surface area contributed by atoms with E-state index in [2.05, 4.69) is 26.0 Å². The highest BCUT2D eigenvalue weighted by molar-refractivity contribution is 9.10. The van der Waals surface area contributed by atoms with Crippen LogP contribution in [0.4, 0.5) is 10.6 Å². The minimum Gasteiger partial charge on any atom is -0.710 e. The van der Waals surface area contributed by atoms with Gasteiger partial charge >= 0.3 is 6.09 Å². The maximum atomic E-state index is 11.3. The Kier molecular flexibility index (Phi) is 3.70. The summed E-state index contributed by atoms with van der Waals surface area (Å²) in [5, 5.41) is 13.6. The van der Waals surface area contributed by atoms with Crippen LogP contribution in [-0.4, -0.2) is 12.7 Å². The Morgan fingerprint density at radius 2 is 2.43 bits per heavy atom. The van der Waals surface area contributed by atoms with Crippen LogP contribution in [-0.2, 0) is 4.74 Å². The van der Waals surface area contributed by atoms with E-state index < -0.39 is 6.09 Å². The molecule has 0 aliphatic carbocycles. The Labute approximate surface area is 89.4 Å². The predicted octanol–water partition coefficient (Wildman–Crippen LogP) is 1.65. The van der Waals surface area contributed by atoms with E-state index in [1.165, 1.54) is 6.07 Å². The molecule has 0 unspecified atom stereocenters. The maximum Gasteiger partial charge on any atom is 0.504 e. The van der Waals surface area contributed by atoms with Crippen LogP contribution in [0.3, 0.4) is 0 Å². The van der Waals surface area contributed by atoms with Crippen molar-refractivity contribution in [2.24, 2.45) is 0 Å². The number of ether oxygens (including phenoxy) is 1. The number of amides is 1. The molecule has 1 aromatic rings. The second-order valence-electron chi connectivity index (χ2n) is 2.37. The van der Waals surface area contributed by atoms with Crippen LogP contribution in [0.1, 0.15) is 6.92 Å². The highest BCUT2D eigenvalue weighted by Crippen LogP contribution is 2.07. The fraction of sp³-hybridized carbons (Fsp3) is 0.250. The third-order valence-corrected chi connectivity index (χ3v) is 1.99. The quantitative estimate of drug-likeness (QED) is 0.500. The lowest BCUT2D eigenvalue weighted by molar-refractivity contribution is -0.602. The number of hydrogen-bond acceptors (Lipinski definition) is 3. The Bertz CT molecular complexity index is 343. The molecule has 0 fully saturated rings. The molecule has 0 atom stereocenters. The Morgan fingerprint density at radius 3 is 3.07 bits per heavy atom. The minimum atomic E-state index is -0.643. The average molecular weight is 261 g/mol.